The van der Waals surface area contributed by atoms with Gasteiger partial charge in [0.05, 0.1) is 12.7 Å². The van der Waals surface area contributed by atoms with Gasteiger partial charge in [0.25, 0.3) is 0 Å². The molecule has 1 aromatic carbocycles. The molecule has 0 aliphatic rings. The molecule has 0 spiro atoms. The molecule has 8 heteroatoms. The van der Waals surface area contributed by atoms with Gasteiger partial charge in [-0.05, 0) is 26.0 Å². The van der Waals surface area contributed by atoms with E-state index in [4.69, 9.17) is 18.6 Å². The van der Waals surface area contributed by atoms with E-state index >= 15 is 0 Å². The van der Waals surface area contributed by atoms with E-state index in [9.17, 15) is 0 Å². The van der Waals surface area contributed by atoms with Crippen LogP contribution in [0.2, 0.25) is 0 Å². The lowest BCUT2D eigenvalue weighted by atomic mass is 10.3. The van der Waals surface area contributed by atoms with Gasteiger partial charge in [-0.1, -0.05) is 17.1 Å². The number of halogens is 1. The first-order chi connectivity index (χ1) is 9.68. The molecule has 2 aromatic heterocycles. The molecule has 0 fully saturated rings. The van der Waals surface area contributed by atoms with Crippen LogP contribution in [0.15, 0.2) is 30.3 Å². The van der Waals surface area contributed by atoms with E-state index in [-0.39, 0.29) is 0 Å². The molecule has 0 aliphatic carbocycles. The highest BCUT2D eigenvalue weighted by Gasteiger charge is 2.18. The van der Waals surface area contributed by atoms with Gasteiger partial charge >= 0.3 is 5.78 Å². The summed E-state index contributed by atoms with van der Waals surface area (Å²) in [5.74, 6) is 0.999. The van der Waals surface area contributed by atoms with E-state index in [0.29, 0.717) is 0 Å². The Balaban J connectivity index is 0.000000282. The van der Waals surface area contributed by atoms with E-state index in [2.05, 4.69) is 58.3 Å². The molecule has 0 N–H and O–H groups in total. The van der Waals surface area contributed by atoms with Gasteiger partial charge in [0.15, 0.2) is 0 Å². The maximum atomic E-state index is 8.49. The fraction of sp³-hybridized carbons (Fsp3) is 0.231. The van der Waals surface area contributed by atoms with Crippen LogP contribution in [0.1, 0.15) is 11.4 Å². The lowest BCUT2D eigenvalue weighted by Gasteiger charge is -2.17. The Bertz CT molecular complexity index is 789. The minimum atomic E-state index is -4.94. The van der Waals surface area contributed by atoms with Crippen LogP contribution in [-0.4, -0.2) is 9.38 Å². The van der Waals surface area contributed by atoms with Crippen molar-refractivity contribution in [2.24, 2.45) is 7.05 Å². The maximum absolute atomic E-state index is 8.49. The van der Waals surface area contributed by atoms with Crippen molar-refractivity contribution in [2.45, 2.75) is 13.8 Å². The molecule has 0 unspecified atom stereocenters. The predicted octanol–water partition coefficient (Wildman–Crippen LogP) is -2.83. The van der Waals surface area contributed by atoms with E-state index < -0.39 is 10.2 Å². The number of benzene rings is 1. The van der Waals surface area contributed by atoms with Crippen LogP contribution in [0.3, 0.4) is 0 Å². The second kappa shape index (κ2) is 5.55. The second-order valence-corrected chi connectivity index (χ2v) is 5.36. The Hall–Kier alpha value is -1.77. The third-order valence-corrected chi connectivity index (χ3v) is 3.03. The molecule has 0 saturated heterocycles. The van der Waals surface area contributed by atoms with Crippen molar-refractivity contribution in [3.05, 3.63) is 41.7 Å². The molecular weight excluding hydrogens is 298 g/mol. The first-order valence-corrected chi connectivity index (χ1v) is 7.27. The summed E-state index contributed by atoms with van der Waals surface area (Å²) in [5, 5.41) is 0. The summed E-state index contributed by atoms with van der Waals surface area (Å²) >= 11 is 0. The molecule has 0 radical (unpaired) electrons. The predicted molar refractivity (Wildman–Crippen MR) is 63.3 cm³/mol. The number of nitrogens with zero attached hydrogens (tertiary/aromatic N) is 3. The molecule has 7 nitrogen and oxygen atoms in total. The SMILES string of the molecule is Cc1cc(C)n2c3ccccc3[n+](C)c2n1.[O-][Cl+3]([O-])([O-])[O-]. The van der Waals surface area contributed by atoms with Gasteiger partial charge in [-0.3, -0.25) is 0 Å². The van der Waals surface area contributed by atoms with Crippen LogP contribution in [0.25, 0.3) is 16.8 Å². The quantitative estimate of drug-likeness (QED) is 0.415. The van der Waals surface area contributed by atoms with Gasteiger partial charge in [0.1, 0.15) is 16.7 Å². The summed E-state index contributed by atoms with van der Waals surface area (Å²) < 4.78 is 38.3. The summed E-state index contributed by atoms with van der Waals surface area (Å²) in [5.41, 5.74) is 4.71. The summed E-state index contributed by atoms with van der Waals surface area (Å²) in [6.07, 6.45) is 0. The number of fused-ring (bicyclic) bond motifs is 3. The highest BCUT2D eigenvalue weighted by Crippen LogP contribution is 2.15. The minimum Gasteiger partial charge on any atom is -0.227 e. The zero-order valence-electron chi connectivity index (χ0n) is 11.7. The molecule has 0 saturated carbocycles. The average molecular weight is 312 g/mol. The van der Waals surface area contributed by atoms with Crippen molar-refractivity contribution in [3.8, 4) is 0 Å². The highest BCUT2D eigenvalue weighted by atomic mass is 35.7. The van der Waals surface area contributed by atoms with Gasteiger partial charge in [0, 0.05) is 6.07 Å². The standard InChI is InChI=1S/C13H14N3.ClHO4/c1-9-8-10(2)16-12-7-5-4-6-11(12)15(3)13(16)14-9;2-1(3,4)5/h4-8H,1-3H3;(H,2,3,4,5)/q+1;/p-1. The Labute approximate surface area is 123 Å². The Morgan fingerprint density at radius 1 is 1.10 bits per heavy atom. The summed E-state index contributed by atoms with van der Waals surface area (Å²) in [6.45, 7) is 4.15. The lowest BCUT2D eigenvalue weighted by Crippen LogP contribution is -2.68. The zero-order valence-corrected chi connectivity index (χ0v) is 12.5. The summed E-state index contributed by atoms with van der Waals surface area (Å²) in [7, 11) is -2.89. The Kier molecular flexibility index (Phi) is 4.13. The third-order valence-electron chi connectivity index (χ3n) is 3.03. The van der Waals surface area contributed by atoms with E-state index in [1.807, 2.05) is 6.92 Å². The summed E-state index contributed by atoms with van der Waals surface area (Å²) in [6, 6.07) is 10.5. The fourth-order valence-corrected chi connectivity index (χ4v) is 2.33. The number of hydrogen-bond acceptors (Lipinski definition) is 5. The first kappa shape index (κ1) is 15.6. The van der Waals surface area contributed by atoms with Gasteiger partial charge < -0.3 is 0 Å². The fourth-order valence-electron chi connectivity index (χ4n) is 2.33. The number of rotatable bonds is 0. The maximum Gasteiger partial charge on any atom is 0.404 e. The molecule has 21 heavy (non-hydrogen) atoms. The van der Waals surface area contributed by atoms with Crippen molar-refractivity contribution >= 4 is 16.8 Å². The monoisotopic (exact) mass is 311 g/mol. The van der Waals surface area contributed by atoms with Crippen molar-refractivity contribution in [2.75, 3.05) is 0 Å². The molecular formula is C13H14ClN3O4. The van der Waals surface area contributed by atoms with Crippen LogP contribution in [0, 0.1) is 24.1 Å². The normalized spacial score (nSPS) is 11.6. The van der Waals surface area contributed by atoms with E-state index in [1.165, 1.54) is 16.7 Å². The highest BCUT2D eigenvalue weighted by molar-refractivity contribution is 5.75. The number of hydrogen-bond donors (Lipinski definition) is 0. The molecule has 0 atom stereocenters. The third kappa shape index (κ3) is 3.46. The van der Waals surface area contributed by atoms with Gasteiger partial charge in [-0.15, -0.1) is 10.2 Å². The van der Waals surface area contributed by atoms with Crippen molar-refractivity contribution in [3.63, 3.8) is 0 Å². The number of para-hydroxylation sites is 2. The van der Waals surface area contributed by atoms with Gasteiger partial charge in [-0.2, -0.15) is 4.40 Å². The van der Waals surface area contributed by atoms with Crippen molar-refractivity contribution < 1.29 is 33.4 Å². The van der Waals surface area contributed by atoms with E-state index in [1.54, 1.807) is 0 Å². The molecule has 112 valence electrons. The number of imidazole rings is 1. The Morgan fingerprint density at radius 3 is 2.29 bits per heavy atom. The molecule has 0 aliphatic heterocycles. The van der Waals surface area contributed by atoms with Crippen LogP contribution in [0.4, 0.5) is 0 Å². The second-order valence-electron chi connectivity index (χ2n) is 4.60. The summed E-state index contributed by atoms with van der Waals surface area (Å²) in [4.78, 5) is 4.60. The Morgan fingerprint density at radius 2 is 1.67 bits per heavy atom. The zero-order chi connectivity index (χ0) is 15.8. The lowest BCUT2D eigenvalue weighted by molar-refractivity contribution is -2.00. The molecule has 3 aromatic rings. The average Bonchev–Trinajstić information content (AvgIpc) is 2.62. The van der Waals surface area contributed by atoms with Gasteiger partial charge in [-0.25, -0.2) is 23.2 Å². The molecule has 2 heterocycles. The smallest absolute Gasteiger partial charge is 0.227 e. The van der Waals surface area contributed by atoms with Crippen molar-refractivity contribution in [1.29, 1.82) is 0 Å². The minimum absolute atomic E-state index is 0.999. The van der Waals surface area contributed by atoms with E-state index in [0.717, 1.165) is 11.5 Å². The molecule has 0 amide bonds. The van der Waals surface area contributed by atoms with Crippen LogP contribution in [0.5, 0.6) is 0 Å². The van der Waals surface area contributed by atoms with Gasteiger partial charge in [0.2, 0.25) is 0 Å². The van der Waals surface area contributed by atoms with Crippen LogP contribution in [-0.2, 0) is 7.05 Å². The number of aromatic nitrogens is 3. The first-order valence-electron chi connectivity index (χ1n) is 6.03. The number of aryl methyl sites for hydroxylation is 3. The largest absolute Gasteiger partial charge is 0.404 e. The molecule has 3 rings (SSSR count). The van der Waals surface area contributed by atoms with Crippen LogP contribution >= 0.6 is 0 Å². The van der Waals surface area contributed by atoms with Crippen molar-refractivity contribution in [1.82, 2.24) is 9.38 Å². The molecule has 0 bridgehead atoms. The topological polar surface area (TPSA) is 113 Å². The van der Waals surface area contributed by atoms with Crippen LogP contribution < -0.4 is 23.2 Å².